The number of ether oxygens (including phenoxy) is 1. The molecule has 0 N–H and O–H groups in total. The highest BCUT2D eigenvalue weighted by Gasteiger charge is 2.11. The van der Waals surface area contributed by atoms with Gasteiger partial charge in [0.15, 0.2) is 5.75 Å². The van der Waals surface area contributed by atoms with E-state index in [-0.39, 0.29) is 6.61 Å². The molecule has 1 heterocycles. The van der Waals surface area contributed by atoms with Gasteiger partial charge < -0.3 is 4.74 Å². The molecule has 0 spiro atoms. The van der Waals surface area contributed by atoms with Gasteiger partial charge in [-0.15, -0.1) is 0 Å². The van der Waals surface area contributed by atoms with Gasteiger partial charge in [0.2, 0.25) is 0 Å². The van der Waals surface area contributed by atoms with E-state index in [9.17, 15) is 0 Å². The van der Waals surface area contributed by atoms with Crippen LogP contribution in [0.2, 0.25) is 15.1 Å². The van der Waals surface area contributed by atoms with Crippen LogP contribution in [0.5, 0.6) is 5.75 Å². The Balaban J connectivity index is 2.22. The number of benzene rings is 1. The van der Waals surface area contributed by atoms with Crippen LogP contribution in [0.15, 0.2) is 30.5 Å². The molecule has 1 aromatic carbocycles. The molecule has 1 aromatic heterocycles. The number of nitriles is 1. The molecule has 0 bridgehead atoms. The van der Waals surface area contributed by atoms with Crippen LogP contribution in [0.25, 0.3) is 0 Å². The van der Waals surface area contributed by atoms with E-state index in [0.29, 0.717) is 32.1 Å². The Hall–Kier alpha value is -1.47. The summed E-state index contributed by atoms with van der Waals surface area (Å²) in [5.41, 5.74) is 0.968. The summed E-state index contributed by atoms with van der Waals surface area (Å²) < 4.78 is 5.54. The highest BCUT2D eigenvalue weighted by Crippen LogP contribution is 2.36. The molecule has 6 heteroatoms. The van der Waals surface area contributed by atoms with Crippen molar-refractivity contribution >= 4 is 34.8 Å². The molecule has 0 aliphatic rings. The standard InChI is InChI=1S/C13H7Cl3N2O/c14-9-4-10(15)13(11(16)5-9)19-7-8-2-1-3-18-12(8)6-17/h1-5H,7H2. The molecule has 0 aliphatic heterocycles. The van der Waals surface area contributed by atoms with Crippen LogP contribution in [0, 0.1) is 11.3 Å². The largest absolute Gasteiger partial charge is 0.486 e. The molecule has 19 heavy (non-hydrogen) atoms. The smallest absolute Gasteiger partial charge is 0.157 e. The maximum absolute atomic E-state index is 8.92. The summed E-state index contributed by atoms with van der Waals surface area (Å²) in [7, 11) is 0. The molecule has 0 amide bonds. The van der Waals surface area contributed by atoms with Gasteiger partial charge in [0.1, 0.15) is 18.4 Å². The Morgan fingerprint density at radius 3 is 2.53 bits per heavy atom. The first kappa shape index (κ1) is 14.0. The monoisotopic (exact) mass is 312 g/mol. The van der Waals surface area contributed by atoms with Crippen molar-refractivity contribution in [1.29, 1.82) is 5.26 Å². The molecule has 0 saturated carbocycles. The molecule has 2 rings (SSSR count). The zero-order chi connectivity index (χ0) is 13.8. The zero-order valence-corrected chi connectivity index (χ0v) is 11.8. The van der Waals surface area contributed by atoms with Crippen molar-refractivity contribution in [3.63, 3.8) is 0 Å². The van der Waals surface area contributed by atoms with Crippen LogP contribution < -0.4 is 4.74 Å². The third-order valence-corrected chi connectivity index (χ3v) is 3.11. The predicted molar refractivity (Wildman–Crippen MR) is 74.8 cm³/mol. The molecule has 0 unspecified atom stereocenters. The summed E-state index contributed by atoms with van der Waals surface area (Å²) in [5, 5.41) is 9.99. The van der Waals surface area contributed by atoms with Crippen molar-refractivity contribution in [1.82, 2.24) is 4.98 Å². The number of nitrogens with zero attached hydrogens (tertiary/aromatic N) is 2. The Kier molecular flexibility index (Phi) is 4.49. The predicted octanol–water partition coefficient (Wildman–Crippen LogP) is 4.49. The number of aromatic nitrogens is 1. The lowest BCUT2D eigenvalue weighted by molar-refractivity contribution is 0.306. The van der Waals surface area contributed by atoms with Gasteiger partial charge >= 0.3 is 0 Å². The number of rotatable bonds is 3. The van der Waals surface area contributed by atoms with Crippen molar-refractivity contribution in [2.45, 2.75) is 6.61 Å². The fourth-order valence-electron chi connectivity index (χ4n) is 1.47. The summed E-state index contributed by atoms with van der Waals surface area (Å²) >= 11 is 17.8. The Labute approximate surface area is 125 Å². The SMILES string of the molecule is N#Cc1ncccc1COc1c(Cl)cc(Cl)cc1Cl. The summed E-state index contributed by atoms with van der Waals surface area (Å²) in [6, 6.07) is 8.55. The van der Waals surface area contributed by atoms with Gasteiger partial charge in [0.05, 0.1) is 10.0 Å². The molecule has 0 saturated heterocycles. The van der Waals surface area contributed by atoms with Crippen molar-refractivity contribution in [3.05, 3.63) is 56.8 Å². The van der Waals surface area contributed by atoms with Gasteiger partial charge in [-0.3, -0.25) is 0 Å². The van der Waals surface area contributed by atoms with Gasteiger partial charge in [-0.1, -0.05) is 40.9 Å². The average molecular weight is 314 g/mol. The first-order valence-corrected chi connectivity index (χ1v) is 6.36. The van der Waals surface area contributed by atoms with Crippen LogP contribution in [0.4, 0.5) is 0 Å². The van der Waals surface area contributed by atoms with Crippen LogP contribution in [0.3, 0.4) is 0 Å². The number of hydrogen-bond donors (Lipinski definition) is 0. The van der Waals surface area contributed by atoms with E-state index in [2.05, 4.69) is 4.98 Å². The zero-order valence-electron chi connectivity index (χ0n) is 9.53. The van der Waals surface area contributed by atoms with Crippen LogP contribution in [0.1, 0.15) is 11.3 Å². The number of hydrogen-bond acceptors (Lipinski definition) is 3. The van der Waals surface area contributed by atoms with E-state index in [1.165, 1.54) is 0 Å². The van der Waals surface area contributed by atoms with E-state index < -0.39 is 0 Å². The minimum Gasteiger partial charge on any atom is -0.486 e. The number of halogens is 3. The Morgan fingerprint density at radius 2 is 1.89 bits per heavy atom. The number of pyridine rings is 1. The van der Waals surface area contributed by atoms with Gasteiger partial charge in [-0.2, -0.15) is 5.26 Å². The molecular weight excluding hydrogens is 307 g/mol. The lowest BCUT2D eigenvalue weighted by atomic mass is 10.2. The second kappa shape index (κ2) is 6.12. The Bertz CT molecular complexity index is 630. The first-order chi connectivity index (χ1) is 9.11. The van der Waals surface area contributed by atoms with E-state index in [0.717, 1.165) is 0 Å². The van der Waals surface area contributed by atoms with E-state index in [4.69, 9.17) is 44.8 Å². The quantitative estimate of drug-likeness (QED) is 0.838. The van der Waals surface area contributed by atoms with Crippen LogP contribution in [-0.2, 0) is 6.61 Å². The molecule has 0 radical (unpaired) electrons. The second-order valence-corrected chi connectivity index (χ2v) is 4.86. The van der Waals surface area contributed by atoms with Crippen LogP contribution >= 0.6 is 34.8 Å². The van der Waals surface area contributed by atoms with Gasteiger partial charge in [0, 0.05) is 16.8 Å². The van der Waals surface area contributed by atoms with E-state index in [1.807, 2.05) is 6.07 Å². The lowest BCUT2D eigenvalue weighted by Gasteiger charge is -2.10. The van der Waals surface area contributed by atoms with Crippen molar-refractivity contribution < 1.29 is 4.74 Å². The fraction of sp³-hybridized carbons (Fsp3) is 0.0769. The van der Waals surface area contributed by atoms with Gasteiger partial charge in [-0.25, -0.2) is 4.98 Å². The molecular formula is C13H7Cl3N2O. The molecule has 2 aromatic rings. The first-order valence-electron chi connectivity index (χ1n) is 5.23. The molecule has 0 atom stereocenters. The molecule has 0 aliphatic carbocycles. The fourth-order valence-corrected chi connectivity index (χ4v) is 2.40. The van der Waals surface area contributed by atoms with Crippen molar-refractivity contribution in [3.8, 4) is 11.8 Å². The average Bonchev–Trinajstić information content (AvgIpc) is 2.38. The van der Waals surface area contributed by atoms with Crippen LogP contribution in [-0.4, -0.2) is 4.98 Å². The van der Waals surface area contributed by atoms with Gasteiger partial charge in [-0.05, 0) is 18.2 Å². The second-order valence-electron chi connectivity index (χ2n) is 3.61. The van der Waals surface area contributed by atoms with Gasteiger partial charge in [0.25, 0.3) is 0 Å². The third-order valence-electron chi connectivity index (χ3n) is 2.33. The Morgan fingerprint density at radius 1 is 1.21 bits per heavy atom. The lowest BCUT2D eigenvalue weighted by Crippen LogP contribution is -2.00. The van der Waals surface area contributed by atoms with E-state index >= 15 is 0 Å². The maximum Gasteiger partial charge on any atom is 0.157 e. The highest BCUT2D eigenvalue weighted by atomic mass is 35.5. The minimum atomic E-state index is 0.151. The summed E-state index contributed by atoms with van der Waals surface area (Å²) in [4.78, 5) is 3.94. The highest BCUT2D eigenvalue weighted by molar-refractivity contribution is 6.40. The summed E-state index contributed by atoms with van der Waals surface area (Å²) in [6.07, 6.45) is 1.55. The van der Waals surface area contributed by atoms with Crippen molar-refractivity contribution in [2.24, 2.45) is 0 Å². The van der Waals surface area contributed by atoms with Crippen molar-refractivity contribution in [2.75, 3.05) is 0 Å². The molecule has 3 nitrogen and oxygen atoms in total. The maximum atomic E-state index is 8.92. The molecule has 0 fully saturated rings. The normalized spacial score (nSPS) is 10.0. The van der Waals surface area contributed by atoms with E-state index in [1.54, 1.807) is 30.5 Å². The summed E-state index contributed by atoms with van der Waals surface area (Å²) in [5.74, 6) is 0.334. The minimum absolute atomic E-state index is 0.151. The topological polar surface area (TPSA) is 45.9 Å². The summed E-state index contributed by atoms with van der Waals surface area (Å²) in [6.45, 7) is 0.151. The molecule has 96 valence electrons. The third kappa shape index (κ3) is 3.30.